The number of hydrogen-bond acceptors (Lipinski definition) is 3. The molecule has 0 aliphatic heterocycles. The summed E-state index contributed by atoms with van der Waals surface area (Å²) in [6.07, 6.45) is 4.65. The quantitative estimate of drug-likeness (QED) is 0.576. The van der Waals surface area contributed by atoms with Gasteiger partial charge in [0.1, 0.15) is 5.82 Å². The minimum Gasteiger partial charge on any atom is -0.478 e. The van der Waals surface area contributed by atoms with Gasteiger partial charge in [-0.25, -0.2) is 9.78 Å². The van der Waals surface area contributed by atoms with Crippen LogP contribution in [0.2, 0.25) is 0 Å². The number of aromatic carboxylic acids is 1. The highest BCUT2D eigenvalue weighted by Gasteiger charge is 2.36. The maximum absolute atomic E-state index is 12.9. The average Bonchev–Trinajstić information content (AvgIpc) is 3.29. The number of carbonyl (C=O) groups excluding carboxylic acids is 1. The van der Waals surface area contributed by atoms with E-state index in [0.29, 0.717) is 12.2 Å². The molecule has 1 N–H and O–H groups in total. The summed E-state index contributed by atoms with van der Waals surface area (Å²) < 4.78 is 0. The Morgan fingerprint density at radius 2 is 1.68 bits per heavy atom. The van der Waals surface area contributed by atoms with Gasteiger partial charge in [-0.1, -0.05) is 67.9 Å². The molecule has 5 heteroatoms. The fourth-order valence-corrected chi connectivity index (χ4v) is 4.50. The van der Waals surface area contributed by atoms with Crippen molar-refractivity contribution in [2.45, 2.75) is 44.6 Å². The van der Waals surface area contributed by atoms with E-state index in [0.717, 1.165) is 19.3 Å². The van der Waals surface area contributed by atoms with Crippen molar-refractivity contribution in [3.05, 3.63) is 84.1 Å². The van der Waals surface area contributed by atoms with Crippen LogP contribution in [0.5, 0.6) is 0 Å². The van der Waals surface area contributed by atoms with Gasteiger partial charge in [0.05, 0.1) is 5.56 Å². The second kappa shape index (κ2) is 9.13. The molecule has 1 saturated carbocycles. The molecule has 2 atom stereocenters. The molecule has 1 fully saturated rings. The zero-order valence-corrected chi connectivity index (χ0v) is 17.6. The van der Waals surface area contributed by atoms with Crippen molar-refractivity contribution in [2.24, 2.45) is 0 Å². The third-order valence-corrected chi connectivity index (χ3v) is 6.07. The summed E-state index contributed by atoms with van der Waals surface area (Å²) in [5, 5.41) is 9.16. The third-order valence-electron chi connectivity index (χ3n) is 6.07. The van der Waals surface area contributed by atoms with Gasteiger partial charge >= 0.3 is 5.97 Å². The Kier molecular flexibility index (Phi) is 6.12. The SMILES string of the molecule is CCC(=O)N(c1ccc(C(=O)O)cn1)C1CCCC1c1ccc(-c2ccccc2)cc1. The molecule has 1 aromatic heterocycles. The van der Waals surface area contributed by atoms with Crippen molar-refractivity contribution in [3.63, 3.8) is 0 Å². The van der Waals surface area contributed by atoms with Gasteiger partial charge in [-0.2, -0.15) is 0 Å². The summed E-state index contributed by atoms with van der Waals surface area (Å²) in [7, 11) is 0. The largest absolute Gasteiger partial charge is 0.478 e. The highest BCUT2D eigenvalue weighted by Crippen LogP contribution is 2.40. The minimum absolute atomic E-state index is 0.00776. The standard InChI is InChI=1S/C26H26N2O3/c1-2-25(29)28(24-16-15-21(17-27-24)26(30)31)23-10-6-9-22(23)20-13-11-19(12-14-20)18-7-4-3-5-8-18/h3-5,7-8,11-17,22-23H,2,6,9-10H2,1H3,(H,30,31). The fraction of sp³-hybridized carbons (Fsp3) is 0.269. The van der Waals surface area contributed by atoms with Gasteiger partial charge < -0.3 is 5.11 Å². The molecular weight excluding hydrogens is 388 g/mol. The van der Waals surface area contributed by atoms with E-state index in [4.69, 9.17) is 5.11 Å². The molecule has 158 valence electrons. The van der Waals surface area contributed by atoms with Gasteiger partial charge in [0.2, 0.25) is 5.91 Å². The van der Waals surface area contributed by atoms with Gasteiger partial charge in [-0.15, -0.1) is 0 Å². The second-order valence-electron chi connectivity index (χ2n) is 7.92. The van der Waals surface area contributed by atoms with E-state index in [9.17, 15) is 9.59 Å². The molecule has 4 rings (SSSR count). The predicted molar refractivity (Wildman–Crippen MR) is 121 cm³/mol. The van der Waals surface area contributed by atoms with Crippen LogP contribution in [0.4, 0.5) is 5.82 Å². The number of carbonyl (C=O) groups is 2. The number of pyridine rings is 1. The van der Waals surface area contributed by atoms with Crippen molar-refractivity contribution in [1.29, 1.82) is 0 Å². The number of benzene rings is 2. The molecule has 1 aliphatic carbocycles. The average molecular weight is 415 g/mol. The van der Waals surface area contributed by atoms with E-state index in [-0.39, 0.29) is 23.4 Å². The first kappa shape index (κ1) is 20.8. The van der Waals surface area contributed by atoms with Crippen LogP contribution < -0.4 is 4.90 Å². The Labute approximate surface area is 182 Å². The number of nitrogens with zero attached hydrogens (tertiary/aromatic N) is 2. The molecule has 2 unspecified atom stereocenters. The lowest BCUT2D eigenvalue weighted by Crippen LogP contribution is -2.42. The number of carboxylic acid groups (broad SMARTS) is 1. The number of anilines is 1. The second-order valence-corrected chi connectivity index (χ2v) is 7.92. The number of aromatic nitrogens is 1. The summed E-state index contributed by atoms with van der Waals surface area (Å²) >= 11 is 0. The summed E-state index contributed by atoms with van der Waals surface area (Å²) in [5.74, 6) is -0.269. The zero-order chi connectivity index (χ0) is 21.8. The maximum Gasteiger partial charge on any atom is 0.337 e. The van der Waals surface area contributed by atoms with Gasteiger partial charge in [-0.05, 0) is 41.7 Å². The Morgan fingerprint density at radius 3 is 2.29 bits per heavy atom. The van der Waals surface area contributed by atoms with Gasteiger partial charge in [0, 0.05) is 24.6 Å². The van der Waals surface area contributed by atoms with E-state index in [1.54, 1.807) is 11.0 Å². The molecule has 0 radical (unpaired) electrons. The van der Waals surface area contributed by atoms with Crippen molar-refractivity contribution >= 4 is 17.7 Å². The Hall–Kier alpha value is -3.47. The van der Waals surface area contributed by atoms with Crippen LogP contribution in [0.15, 0.2) is 72.9 Å². The zero-order valence-electron chi connectivity index (χ0n) is 17.6. The number of carboxylic acids is 1. The number of rotatable bonds is 6. The van der Waals surface area contributed by atoms with Gasteiger partial charge in [0.25, 0.3) is 0 Å². The molecule has 1 heterocycles. The van der Waals surface area contributed by atoms with E-state index >= 15 is 0 Å². The lowest BCUT2D eigenvalue weighted by Gasteiger charge is -2.32. The Morgan fingerprint density at radius 1 is 0.968 bits per heavy atom. The fourth-order valence-electron chi connectivity index (χ4n) is 4.50. The predicted octanol–water partition coefficient (Wildman–Crippen LogP) is 5.53. The number of hydrogen-bond donors (Lipinski definition) is 1. The lowest BCUT2D eigenvalue weighted by molar-refractivity contribution is -0.118. The molecule has 1 amide bonds. The van der Waals surface area contributed by atoms with Gasteiger partial charge in [-0.3, -0.25) is 9.69 Å². The van der Waals surface area contributed by atoms with Crippen LogP contribution in [-0.2, 0) is 4.79 Å². The third kappa shape index (κ3) is 4.36. The molecule has 3 aromatic rings. The van der Waals surface area contributed by atoms with Crippen molar-refractivity contribution in [1.82, 2.24) is 4.98 Å². The first-order chi connectivity index (χ1) is 15.1. The summed E-state index contributed by atoms with van der Waals surface area (Å²) in [6.45, 7) is 1.85. The highest BCUT2D eigenvalue weighted by molar-refractivity contribution is 5.94. The highest BCUT2D eigenvalue weighted by atomic mass is 16.4. The molecular formula is C26H26N2O3. The van der Waals surface area contributed by atoms with E-state index in [1.165, 1.54) is 29.0 Å². The summed E-state index contributed by atoms with van der Waals surface area (Å²) in [4.78, 5) is 30.2. The van der Waals surface area contributed by atoms with Crippen molar-refractivity contribution in [2.75, 3.05) is 4.90 Å². The van der Waals surface area contributed by atoms with Crippen LogP contribution >= 0.6 is 0 Å². The molecule has 2 aromatic carbocycles. The van der Waals surface area contributed by atoms with E-state index in [1.807, 2.05) is 25.1 Å². The molecule has 5 nitrogen and oxygen atoms in total. The normalized spacial score (nSPS) is 18.0. The maximum atomic E-state index is 12.9. The summed E-state index contributed by atoms with van der Waals surface area (Å²) in [6, 6.07) is 22.1. The molecule has 0 spiro atoms. The molecule has 1 aliphatic rings. The van der Waals surface area contributed by atoms with Crippen LogP contribution in [0.25, 0.3) is 11.1 Å². The van der Waals surface area contributed by atoms with E-state index < -0.39 is 5.97 Å². The van der Waals surface area contributed by atoms with Crippen molar-refractivity contribution < 1.29 is 14.7 Å². The van der Waals surface area contributed by atoms with Crippen LogP contribution in [0.3, 0.4) is 0 Å². The van der Waals surface area contributed by atoms with Crippen molar-refractivity contribution in [3.8, 4) is 11.1 Å². The topological polar surface area (TPSA) is 70.5 Å². The minimum atomic E-state index is -1.02. The molecule has 31 heavy (non-hydrogen) atoms. The van der Waals surface area contributed by atoms with Gasteiger partial charge in [0.15, 0.2) is 0 Å². The first-order valence-electron chi connectivity index (χ1n) is 10.7. The Bertz CT molecular complexity index is 1050. The smallest absolute Gasteiger partial charge is 0.337 e. The molecule has 0 bridgehead atoms. The van der Waals surface area contributed by atoms with Crippen LogP contribution in [-0.4, -0.2) is 28.0 Å². The lowest BCUT2D eigenvalue weighted by atomic mass is 9.91. The summed E-state index contributed by atoms with van der Waals surface area (Å²) in [5.41, 5.74) is 3.69. The van der Waals surface area contributed by atoms with Crippen LogP contribution in [0.1, 0.15) is 54.4 Å². The molecule has 0 saturated heterocycles. The van der Waals surface area contributed by atoms with E-state index in [2.05, 4.69) is 41.4 Å². The van der Waals surface area contributed by atoms with Crippen LogP contribution in [0, 0.1) is 0 Å². The first-order valence-corrected chi connectivity index (χ1v) is 10.7. The number of amides is 1. The monoisotopic (exact) mass is 414 g/mol. The Balaban J connectivity index is 1.63.